The van der Waals surface area contributed by atoms with Crippen LogP contribution in [0.25, 0.3) is 10.9 Å². The second kappa shape index (κ2) is 7.36. The third-order valence-electron chi connectivity index (χ3n) is 6.14. The quantitative estimate of drug-likeness (QED) is 0.708. The summed E-state index contributed by atoms with van der Waals surface area (Å²) in [5.41, 5.74) is 1.29. The molecule has 1 aromatic heterocycles. The molecule has 3 saturated heterocycles. The number of aromatic nitrogens is 1. The summed E-state index contributed by atoms with van der Waals surface area (Å²) >= 11 is 12.6. The predicted octanol–water partition coefficient (Wildman–Crippen LogP) is 3.77. The molecule has 1 unspecified atom stereocenters. The summed E-state index contributed by atoms with van der Waals surface area (Å²) in [6.07, 6.45) is 0.980. The minimum atomic E-state index is -0.796. The molecule has 7 nitrogen and oxygen atoms in total. The van der Waals surface area contributed by atoms with Crippen LogP contribution in [-0.4, -0.2) is 59.8 Å². The summed E-state index contributed by atoms with van der Waals surface area (Å²) < 4.78 is 20.4. The number of hydrogen-bond acceptors (Lipinski definition) is 6. The molecule has 0 saturated carbocycles. The molecule has 4 atom stereocenters. The highest BCUT2D eigenvalue weighted by molar-refractivity contribution is 6.43. The number of nitrogens with zero attached hydrogens (tertiary/aromatic N) is 2. The van der Waals surface area contributed by atoms with Crippen LogP contribution in [0.5, 0.6) is 0 Å². The average molecular weight is 455 g/mol. The number of ether oxygens (including phenoxy) is 3. The maximum Gasteiger partial charge on any atom is 0.165 e. The van der Waals surface area contributed by atoms with Gasteiger partial charge in [-0.15, -0.1) is 0 Å². The number of carbonyl (C=O) groups is 1. The first-order chi connectivity index (χ1) is 14.3. The number of anilines is 1. The van der Waals surface area contributed by atoms with Gasteiger partial charge in [0.1, 0.15) is 24.1 Å². The lowest BCUT2D eigenvalue weighted by Gasteiger charge is -2.29. The Morgan fingerprint density at radius 1 is 1.17 bits per heavy atom. The Morgan fingerprint density at radius 2 is 1.83 bits per heavy atom. The number of aldehydes is 1. The number of aliphatic hydroxyl groups excluding tert-OH is 1. The maximum atomic E-state index is 12.2. The van der Waals surface area contributed by atoms with Gasteiger partial charge in [-0.25, -0.2) is 0 Å². The zero-order valence-corrected chi connectivity index (χ0v) is 18.3. The number of carbonyl (C=O) groups excluding carboxylic acids is 1. The van der Waals surface area contributed by atoms with E-state index in [4.69, 9.17) is 37.4 Å². The van der Waals surface area contributed by atoms with Crippen molar-refractivity contribution in [1.29, 1.82) is 0 Å². The predicted molar refractivity (Wildman–Crippen MR) is 114 cm³/mol. The third kappa shape index (κ3) is 3.06. The van der Waals surface area contributed by atoms with E-state index < -0.39 is 30.3 Å². The van der Waals surface area contributed by atoms with Crippen LogP contribution >= 0.6 is 23.2 Å². The molecule has 9 heteroatoms. The monoisotopic (exact) mass is 454 g/mol. The van der Waals surface area contributed by atoms with Gasteiger partial charge in [0.05, 0.1) is 27.7 Å². The van der Waals surface area contributed by atoms with Gasteiger partial charge in [-0.2, -0.15) is 0 Å². The zero-order valence-electron chi connectivity index (χ0n) is 16.8. The van der Waals surface area contributed by atoms with Crippen molar-refractivity contribution in [3.05, 3.63) is 27.7 Å². The Balaban J connectivity index is 1.74. The standard InChI is InChI=1S/C21H24Cl2N2O5/c1-21(2)29-17-16(10-27)28-20(18(17)30-21)25-15-8-14(23)13(22)7-11(15)12(9-26)19(25)24-5-3-4-6-24/h7-9,16-18,20,27H,3-6,10H2,1-2H3/t16-,17?,18+,20-/m1/s1. The molecule has 0 aliphatic carbocycles. The highest BCUT2D eigenvalue weighted by Crippen LogP contribution is 2.48. The smallest absolute Gasteiger partial charge is 0.165 e. The van der Waals surface area contributed by atoms with Crippen molar-refractivity contribution in [3.8, 4) is 0 Å². The summed E-state index contributed by atoms with van der Waals surface area (Å²) in [7, 11) is 0. The third-order valence-corrected chi connectivity index (χ3v) is 6.86. The van der Waals surface area contributed by atoms with Crippen LogP contribution in [0, 0.1) is 0 Å². The van der Waals surface area contributed by atoms with Gasteiger partial charge >= 0.3 is 0 Å². The highest BCUT2D eigenvalue weighted by atomic mass is 35.5. The fourth-order valence-corrected chi connectivity index (χ4v) is 5.28. The van der Waals surface area contributed by atoms with Crippen molar-refractivity contribution in [2.75, 3.05) is 24.6 Å². The lowest BCUT2D eigenvalue weighted by atomic mass is 10.1. The van der Waals surface area contributed by atoms with Gasteiger partial charge in [-0.1, -0.05) is 23.2 Å². The van der Waals surface area contributed by atoms with E-state index in [1.54, 1.807) is 12.1 Å². The molecule has 3 fully saturated rings. The van der Waals surface area contributed by atoms with Crippen LogP contribution in [0.3, 0.4) is 0 Å². The Hall–Kier alpha value is -1.35. The Kier molecular flexibility index (Phi) is 5.04. The van der Waals surface area contributed by atoms with Gasteiger partial charge in [0.15, 0.2) is 18.3 Å². The largest absolute Gasteiger partial charge is 0.394 e. The minimum absolute atomic E-state index is 0.192. The first kappa shape index (κ1) is 20.5. The molecule has 0 bridgehead atoms. The van der Waals surface area contributed by atoms with E-state index in [-0.39, 0.29) is 6.61 Å². The van der Waals surface area contributed by atoms with E-state index in [2.05, 4.69) is 4.90 Å². The Bertz CT molecular complexity index is 1000. The first-order valence-electron chi connectivity index (χ1n) is 10.2. The summed E-state index contributed by atoms with van der Waals surface area (Å²) in [6, 6.07) is 3.49. The number of rotatable bonds is 4. The van der Waals surface area contributed by atoms with Gasteiger partial charge in [0.25, 0.3) is 0 Å². The SMILES string of the molecule is CC1(C)OC2[C@@H](CO)O[C@@H](n3c(N4CCCC4)c(C=O)c4cc(Cl)c(Cl)cc43)[C@H]2O1. The van der Waals surface area contributed by atoms with E-state index in [0.29, 0.717) is 21.0 Å². The molecule has 3 aliphatic rings. The van der Waals surface area contributed by atoms with Crippen LogP contribution in [-0.2, 0) is 14.2 Å². The number of fused-ring (bicyclic) bond motifs is 2. The van der Waals surface area contributed by atoms with Crippen molar-refractivity contribution in [1.82, 2.24) is 4.57 Å². The molecule has 1 N–H and O–H groups in total. The molecule has 1 aromatic carbocycles. The van der Waals surface area contributed by atoms with Crippen LogP contribution in [0.2, 0.25) is 10.0 Å². The van der Waals surface area contributed by atoms with Crippen molar-refractivity contribution < 1.29 is 24.1 Å². The summed E-state index contributed by atoms with van der Waals surface area (Å²) in [5, 5.41) is 11.4. The van der Waals surface area contributed by atoms with Crippen molar-refractivity contribution in [3.63, 3.8) is 0 Å². The van der Waals surface area contributed by atoms with Gasteiger partial charge in [0, 0.05) is 18.5 Å². The lowest BCUT2D eigenvalue weighted by molar-refractivity contribution is -0.199. The molecule has 30 heavy (non-hydrogen) atoms. The van der Waals surface area contributed by atoms with Crippen molar-refractivity contribution >= 4 is 46.2 Å². The average Bonchev–Trinajstić information content (AvgIpc) is 3.44. The van der Waals surface area contributed by atoms with Crippen molar-refractivity contribution in [2.45, 2.75) is 57.0 Å². The van der Waals surface area contributed by atoms with Gasteiger partial charge in [0.2, 0.25) is 0 Å². The Morgan fingerprint density at radius 3 is 2.50 bits per heavy atom. The van der Waals surface area contributed by atoms with E-state index >= 15 is 0 Å². The van der Waals surface area contributed by atoms with Gasteiger partial charge in [-0.3, -0.25) is 9.36 Å². The molecule has 2 aromatic rings. The summed E-state index contributed by atoms with van der Waals surface area (Å²) in [6.45, 7) is 5.18. The highest BCUT2D eigenvalue weighted by Gasteiger charge is 2.56. The zero-order chi connectivity index (χ0) is 21.2. The fourth-order valence-electron chi connectivity index (χ4n) is 4.96. The van der Waals surface area contributed by atoms with E-state index in [9.17, 15) is 9.90 Å². The van der Waals surface area contributed by atoms with E-state index in [1.165, 1.54) is 0 Å². The molecular weight excluding hydrogens is 431 g/mol. The van der Waals surface area contributed by atoms with Crippen molar-refractivity contribution in [2.24, 2.45) is 0 Å². The molecule has 4 heterocycles. The van der Waals surface area contributed by atoms with Crippen LogP contribution < -0.4 is 4.90 Å². The fraction of sp³-hybridized carbons (Fsp3) is 0.571. The summed E-state index contributed by atoms with van der Waals surface area (Å²) in [4.78, 5) is 14.4. The molecule has 0 spiro atoms. The van der Waals surface area contributed by atoms with Gasteiger partial charge in [-0.05, 0) is 38.8 Å². The maximum absolute atomic E-state index is 12.2. The van der Waals surface area contributed by atoms with Crippen LogP contribution in [0.1, 0.15) is 43.3 Å². The number of hydrogen-bond donors (Lipinski definition) is 1. The molecule has 0 radical (unpaired) electrons. The lowest BCUT2D eigenvalue weighted by Crippen LogP contribution is -2.31. The normalized spacial score (nSPS) is 30.4. The molecule has 3 aliphatic heterocycles. The molecule has 162 valence electrons. The summed E-state index contributed by atoms with van der Waals surface area (Å²) in [5.74, 6) is -0.0258. The second-order valence-electron chi connectivity index (χ2n) is 8.52. The van der Waals surface area contributed by atoms with E-state index in [1.807, 2.05) is 18.4 Å². The van der Waals surface area contributed by atoms with Crippen LogP contribution in [0.15, 0.2) is 12.1 Å². The number of benzene rings is 1. The van der Waals surface area contributed by atoms with Crippen LogP contribution in [0.4, 0.5) is 5.82 Å². The molecular formula is C21H24Cl2N2O5. The molecule has 5 rings (SSSR count). The first-order valence-corrected chi connectivity index (χ1v) is 10.9. The number of halogens is 2. The number of aliphatic hydroxyl groups is 1. The van der Waals surface area contributed by atoms with E-state index in [0.717, 1.165) is 43.6 Å². The Labute approximate surface area is 184 Å². The minimum Gasteiger partial charge on any atom is -0.394 e. The topological polar surface area (TPSA) is 73.2 Å². The molecule has 0 amide bonds. The second-order valence-corrected chi connectivity index (χ2v) is 9.33. The van der Waals surface area contributed by atoms with Gasteiger partial charge < -0.3 is 24.2 Å².